The minimum Gasteiger partial charge on any atom is -0.365 e. The average Bonchev–Trinajstić information content (AvgIpc) is 2.34. The molecule has 1 N–H and O–H groups in total. The molecule has 0 spiro atoms. The summed E-state index contributed by atoms with van der Waals surface area (Å²) in [6, 6.07) is 2.26. The van der Waals surface area contributed by atoms with E-state index in [0.717, 1.165) is 12.3 Å². The summed E-state index contributed by atoms with van der Waals surface area (Å²) in [5, 5.41) is 0. The highest BCUT2D eigenvalue weighted by molar-refractivity contribution is 5.16. The zero-order valence-corrected chi connectivity index (χ0v) is 7.65. The molecule has 0 aromatic carbocycles. The molecule has 0 saturated carbocycles. The van der Waals surface area contributed by atoms with Crippen LogP contribution < -0.4 is 0 Å². The van der Waals surface area contributed by atoms with Crippen molar-refractivity contribution in [3.8, 4) is 0 Å². The van der Waals surface area contributed by atoms with Crippen LogP contribution >= 0.6 is 0 Å². The lowest BCUT2D eigenvalue weighted by Gasteiger charge is -1.99. The smallest absolute Gasteiger partial charge is 0.0147 e. The largest absolute Gasteiger partial charge is 0.365 e. The van der Waals surface area contributed by atoms with Crippen LogP contribution in [-0.4, -0.2) is 4.98 Å². The van der Waals surface area contributed by atoms with Crippen LogP contribution in [0.5, 0.6) is 0 Å². The Morgan fingerprint density at radius 2 is 2.18 bits per heavy atom. The van der Waals surface area contributed by atoms with E-state index in [0.29, 0.717) is 0 Å². The van der Waals surface area contributed by atoms with Crippen molar-refractivity contribution < 1.29 is 0 Å². The minimum atomic E-state index is 0.760. The highest BCUT2D eigenvalue weighted by Crippen LogP contribution is 2.09. The summed E-state index contributed by atoms with van der Waals surface area (Å²) in [4.78, 5) is 3.26. The Morgan fingerprint density at radius 1 is 1.45 bits per heavy atom. The second-order valence-corrected chi connectivity index (χ2v) is 3.48. The Balaban J connectivity index is 2.58. The predicted molar refractivity (Wildman–Crippen MR) is 48.7 cm³/mol. The quantitative estimate of drug-likeness (QED) is 0.683. The summed E-state index contributed by atoms with van der Waals surface area (Å²) in [6.07, 6.45) is 4.42. The summed E-state index contributed by atoms with van der Waals surface area (Å²) in [5.74, 6) is 0.760. The fourth-order valence-electron chi connectivity index (χ4n) is 1.29. The molecule has 0 fully saturated rings. The summed E-state index contributed by atoms with van der Waals surface area (Å²) in [5.41, 5.74) is 2.79. The number of hydrogen-bond donors (Lipinski definition) is 1. The van der Waals surface area contributed by atoms with Gasteiger partial charge in [-0.25, -0.2) is 0 Å². The topological polar surface area (TPSA) is 15.8 Å². The zero-order valence-electron chi connectivity index (χ0n) is 7.65. The van der Waals surface area contributed by atoms with Gasteiger partial charge in [-0.2, -0.15) is 0 Å². The van der Waals surface area contributed by atoms with Crippen molar-refractivity contribution in [3.63, 3.8) is 0 Å². The molecule has 1 heteroatoms. The summed E-state index contributed by atoms with van der Waals surface area (Å²) >= 11 is 0. The molecule has 0 unspecified atom stereocenters. The Labute approximate surface area is 68.8 Å². The van der Waals surface area contributed by atoms with Crippen LogP contribution in [0.1, 0.15) is 32.0 Å². The van der Waals surface area contributed by atoms with E-state index in [-0.39, 0.29) is 0 Å². The van der Waals surface area contributed by atoms with Crippen LogP contribution in [0.25, 0.3) is 0 Å². The fourth-order valence-corrected chi connectivity index (χ4v) is 1.29. The minimum absolute atomic E-state index is 0.760. The van der Waals surface area contributed by atoms with Gasteiger partial charge in [0.2, 0.25) is 0 Å². The lowest BCUT2D eigenvalue weighted by Crippen LogP contribution is -1.90. The first kappa shape index (κ1) is 8.38. The number of rotatable bonds is 3. The normalized spacial score (nSPS) is 10.9. The molecule has 0 aliphatic heterocycles. The molecule has 1 nitrogen and oxygen atoms in total. The maximum absolute atomic E-state index is 3.26. The summed E-state index contributed by atoms with van der Waals surface area (Å²) in [7, 11) is 0. The van der Waals surface area contributed by atoms with Crippen molar-refractivity contribution >= 4 is 0 Å². The molecule has 62 valence electrons. The van der Waals surface area contributed by atoms with Crippen molar-refractivity contribution in [2.45, 2.75) is 33.6 Å². The average molecular weight is 151 g/mol. The Bertz CT molecular complexity index is 210. The second-order valence-electron chi connectivity index (χ2n) is 3.48. The molecule has 0 saturated heterocycles. The number of aryl methyl sites for hydroxylation is 1. The molecule has 1 rings (SSSR count). The van der Waals surface area contributed by atoms with Crippen LogP contribution in [0.15, 0.2) is 12.3 Å². The van der Waals surface area contributed by atoms with Crippen LogP contribution in [0.3, 0.4) is 0 Å². The third-order valence-electron chi connectivity index (χ3n) is 1.83. The molecule has 1 heterocycles. The SMILES string of the molecule is CCc1cc(CC(C)C)c[nH]1. The first-order chi connectivity index (χ1) is 5.22. The first-order valence-electron chi connectivity index (χ1n) is 4.38. The van der Waals surface area contributed by atoms with Crippen LogP contribution in [0.2, 0.25) is 0 Å². The monoisotopic (exact) mass is 151 g/mol. The molecule has 0 radical (unpaired) electrons. The number of hydrogen-bond acceptors (Lipinski definition) is 0. The molecular weight excluding hydrogens is 134 g/mol. The van der Waals surface area contributed by atoms with Crippen LogP contribution in [-0.2, 0) is 12.8 Å². The molecule has 0 atom stereocenters. The van der Waals surface area contributed by atoms with Gasteiger partial charge in [-0.1, -0.05) is 20.8 Å². The van der Waals surface area contributed by atoms with Gasteiger partial charge in [0, 0.05) is 11.9 Å². The van der Waals surface area contributed by atoms with E-state index < -0.39 is 0 Å². The molecule has 0 amide bonds. The van der Waals surface area contributed by atoms with E-state index >= 15 is 0 Å². The number of H-pyrrole nitrogens is 1. The van der Waals surface area contributed by atoms with Crippen molar-refractivity contribution in [3.05, 3.63) is 23.5 Å². The van der Waals surface area contributed by atoms with Crippen molar-refractivity contribution in [2.75, 3.05) is 0 Å². The lowest BCUT2D eigenvalue weighted by atomic mass is 10.1. The lowest BCUT2D eigenvalue weighted by molar-refractivity contribution is 0.648. The molecule has 0 aliphatic carbocycles. The Kier molecular flexibility index (Phi) is 2.75. The van der Waals surface area contributed by atoms with Gasteiger partial charge < -0.3 is 4.98 Å². The van der Waals surface area contributed by atoms with E-state index in [1.807, 2.05) is 0 Å². The van der Waals surface area contributed by atoms with Gasteiger partial charge in [-0.3, -0.25) is 0 Å². The first-order valence-corrected chi connectivity index (χ1v) is 4.38. The summed E-state index contributed by atoms with van der Waals surface area (Å²) in [6.45, 7) is 6.67. The number of aromatic nitrogens is 1. The Morgan fingerprint density at radius 3 is 2.64 bits per heavy atom. The molecule has 1 aromatic rings. The van der Waals surface area contributed by atoms with E-state index in [9.17, 15) is 0 Å². The maximum Gasteiger partial charge on any atom is 0.0147 e. The number of aromatic amines is 1. The van der Waals surface area contributed by atoms with Gasteiger partial charge >= 0.3 is 0 Å². The highest BCUT2D eigenvalue weighted by atomic mass is 14.7. The van der Waals surface area contributed by atoms with Gasteiger partial charge in [-0.15, -0.1) is 0 Å². The van der Waals surface area contributed by atoms with Gasteiger partial charge in [0.25, 0.3) is 0 Å². The molecule has 0 aliphatic rings. The van der Waals surface area contributed by atoms with Gasteiger partial charge in [0.15, 0.2) is 0 Å². The van der Waals surface area contributed by atoms with E-state index in [4.69, 9.17) is 0 Å². The van der Waals surface area contributed by atoms with Crippen molar-refractivity contribution in [1.29, 1.82) is 0 Å². The van der Waals surface area contributed by atoms with Gasteiger partial charge in [0.05, 0.1) is 0 Å². The van der Waals surface area contributed by atoms with Gasteiger partial charge in [0.1, 0.15) is 0 Å². The Hall–Kier alpha value is -0.720. The third-order valence-corrected chi connectivity index (χ3v) is 1.83. The van der Waals surface area contributed by atoms with Crippen LogP contribution in [0.4, 0.5) is 0 Å². The van der Waals surface area contributed by atoms with Crippen molar-refractivity contribution in [2.24, 2.45) is 5.92 Å². The second kappa shape index (κ2) is 3.61. The third kappa shape index (κ3) is 2.41. The van der Waals surface area contributed by atoms with E-state index in [1.54, 1.807) is 0 Å². The van der Waals surface area contributed by atoms with E-state index in [2.05, 4.69) is 38.0 Å². The fraction of sp³-hybridized carbons (Fsp3) is 0.600. The molecular formula is C10H17N. The molecule has 0 bridgehead atoms. The predicted octanol–water partition coefficient (Wildman–Crippen LogP) is 2.78. The van der Waals surface area contributed by atoms with E-state index in [1.165, 1.54) is 17.7 Å². The van der Waals surface area contributed by atoms with Crippen molar-refractivity contribution in [1.82, 2.24) is 4.98 Å². The van der Waals surface area contributed by atoms with Crippen LogP contribution in [0, 0.1) is 5.92 Å². The standard InChI is InChI=1S/C10H17N/c1-4-10-6-9(7-11-10)5-8(2)3/h6-8,11H,4-5H2,1-3H3. The summed E-state index contributed by atoms with van der Waals surface area (Å²) < 4.78 is 0. The zero-order chi connectivity index (χ0) is 8.27. The maximum atomic E-state index is 3.26. The van der Waals surface area contributed by atoms with Gasteiger partial charge in [-0.05, 0) is 30.4 Å². The number of nitrogens with one attached hydrogen (secondary N) is 1. The molecule has 1 aromatic heterocycles. The highest BCUT2D eigenvalue weighted by Gasteiger charge is 1.99. The molecule has 11 heavy (non-hydrogen) atoms.